The number of benzene rings is 2. The second-order valence-electron chi connectivity index (χ2n) is 11.5. The molecule has 0 radical (unpaired) electrons. The zero-order valence-electron chi connectivity index (χ0n) is 24.7. The van der Waals surface area contributed by atoms with Crippen LogP contribution in [0.2, 0.25) is 0 Å². The number of anilines is 1. The van der Waals surface area contributed by atoms with E-state index in [0.29, 0.717) is 15.9 Å². The number of amides is 1. The van der Waals surface area contributed by atoms with Crippen molar-refractivity contribution in [1.82, 2.24) is 19.1 Å². The molecule has 47 heavy (non-hydrogen) atoms. The van der Waals surface area contributed by atoms with E-state index >= 15 is 0 Å². The lowest BCUT2D eigenvalue weighted by Gasteiger charge is -2.41. The summed E-state index contributed by atoms with van der Waals surface area (Å²) in [5.41, 5.74) is 1.04. The van der Waals surface area contributed by atoms with Crippen molar-refractivity contribution in [1.29, 1.82) is 0 Å². The molecule has 6 rings (SSSR count). The fraction of sp³-hybridized carbons (Fsp3) is 0.355. The van der Waals surface area contributed by atoms with Gasteiger partial charge in [-0.05, 0) is 55.0 Å². The first kappa shape index (κ1) is 32.7. The number of aliphatic hydroxyl groups is 1. The minimum Gasteiger partial charge on any atom is -0.374 e. The van der Waals surface area contributed by atoms with Crippen LogP contribution in [0.5, 0.6) is 0 Å². The predicted octanol–water partition coefficient (Wildman–Crippen LogP) is 4.48. The fourth-order valence-corrected chi connectivity index (χ4v) is 7.86. The van der Waals surface area contributed by atoms with Crippen molar-refractivity contribution < 1.29 is 40.3 Å². The highest BCUT2D eigenvalue weighted by molar-refractivity contribution is 7.89. The topological polar surface area (TPSA) is 126 Å². The van der Waals surface area contributed by atoms with E-state index in [0.717, 1.165) is 35.9 Å². The molecule has 2 aliphatic rings. The van der Waals surface area contributed by atoms with Crippen molar-refractivity contribution in [3.63, 3.8) is 0 Å². The van der Waals surface area contributed by atoms with Gasteiger partial charge >= 0.3 is 0 Å². The first-order valence-electron chi connectivity index (χ1n) is 14.8. The Morgan fingerprint density at radius 3 is 2.19 bits per heavy atom. The Morgan fingerprint density at radius 2 is 1.60 bits per heavy atom. The third kappa shape index (κ3) is 5.78. The standard InChI is InChI=1S/C31H28F5N5O5S/c32-24-25(33)27(35)29(28(36)26(24)34)47(45,46)41-11-10-23(41)31(44)39(15-20-7-6-18(13-37-20)17-4-2-1-3-5-17)21-8-9-22-19(12-21)14-38-40(16-42)30(22)43/h6-9,12-14,17,23,42H,1-5,10-11,15-16H2/t23-/m1/s1. The van der Waals surface area contributed by atoms with Gasteiger partial charge in [-0.2, -0.15) is 9.40 Å². The molecule has 0 spiro atoms. The summed E-state index contributed by atoms with van der Waals surface area (Å²) < 4.78 is 98.5. The fourth-order valence-electron chi connectivity index (χ4n) is 6.12. The van der Waals surface area contributed by atoms with Crippen molar-refractivity contribution in [2.45, 2.75) is 68.7 Å². The van der Waals surface area contributed by atoms with Crippen LogP contribution >= 0.6 is 0 Å². The highest BCUT2D eigenvalue weighted by Gasteiger charge is 2.48. The Labute approximate surface area is 265 Å². The van der Waals surface area contributed by atoms with E-state index in [-0.39, 0.29) is 29.4 Å². The van der Waals surface area contributed by atoms with Crippen LogP contribution in [-0.2, 0) is 28.1 Å². The number of hydrogen-bond donors (Lipinski definition) is 1. The number of rotatable bonds is 8. The summed E-state index contributed by atoms with van der Waals surface area (Å²) in [5.74, 6) is -12.9. The highest BCUT2D eigenvalue weighted by Crippen LogP contribution is 2.36. The van der Waals surface area contributed by atoms with E-state index < -0.39 is 74.8 Å². The molecule has 10 nitrogen and oxygen atoms in total. The predicted molar refractivity (Wildman–Crippen MR) is 158 cm³/mol. The molecule has 1 saturated heterocycles. The summed E-state index contributed by atoms with van der Waals surface area (Å²) in [4.78, 5) is 30.4. The maximum absolute atomic E-state index is 14.6. The molecule has 0 unspecified atom stereocenters. The summed E-state index contributed by atoms with van der Waals surface area (Å²) in [6.07, 6.45) is 8.36. The van der Waals surface area contributed by atoms with Gasteiger partial charge in [0, 0.05) is 23.8 Å². The minimum atomic E-state index is -5.38. The number of sulfonamides is 1. The lowest BCUT2D eigenvalue weighted by atomic mass is 9.85. The van der Waals surface area contributed by atoms with Crippen LogP contribution in [-0.4, -0.2) is 51.1 Å². The third-order valence-electron chi connectivity index (χ3n) is 8.78. The minimum absolute atomic E-state index is 0.117. The molecule has 1 saturated carbocycles. The number of halogens is 5. The molecule has 1 amide bonds. The van der Waals surface area contributed by atoms with Crippen LogP contribution in [0.25, 0.3) is 10.8 Å². The SMILES string of the molecule is O=C([C@H]1CCN1S(=O)(=O)c1c(F)c(F)c(F)c(F)c1F)N(Cc1ccc(C2CCCCC2)cn1)c1ccc2c(=O)n(CO)ncc2c1. The van der Waals surface area contributed by atoms with Gasteiger partial charge in [-0.3, -0.25) is 14.6 Å². The van der Waals surface area contributed by atoms with Crippen LogP contribution < -0.4 is 10.5 Å². The molecule has 1 aliphatic carbocycles. The quantitative estimate of drug-likeness (QED) is 0.166. The van der Waals surface area contributed by atoms with Crippen LogP contribution in [0.3, 0.4) is 0 Å². The maximum atomic E-state index is 14.6. The smallest absolute Gasteiger partial charge is 0.276 e. The maximum Gasteiger partial charge on any atom is 0.276 e. The van der Waals surface area contributed by atoms with Crippen molar-refractivity contribution in [3.05, 3.63) is 93.4 Å². The van der Waals surface area contributed by atoms with Gasteiger partial charge in [0.15, 0.2) is 28.2 Å². The first-order valence-corrected chi connectivity index (χ1v) is 16.3. The summed E-state index contributed by atoms with van der Waals surface area (Å²) in [5, 5.41) is 13.7. The highest BCUT2D eigenvalue weighted by atomic mass is 32.2. The van der Waals surface area contributed by atoms with Crippen LogP contribution in [0, 0.1) is 29.1 Å². The van der Waals surface area contributed by atoms with E-state index in [4.69, 9.17) is 0 Å². The molecule has 1 N–H and O–H groups in total. The van der Waals surface area contributed by atoms with Crippen molar-refractivity contribution >= 4 is 32.4 Å². The second-order valence-corrected chi connectivity index (χ2v) is 13.4. The van der Waals surface area contributed by atoms with Crippen molar-refractivity contribution in [2.24, 2.45) is 0 Å². The second kappa shape index (κ2) is 12.7. The molecule has 3 heterocycles. The monoisotopic (exact) mass is 677 g/mol. The van der Waals surface area contributed by atoms with E-state index in [2.05, 4.69) is 10.1 Å². The molecular formula is C31H28F5N5O5S. The summed E-state index contributed by atoms with van der Waals surface area (Å²) in [7, 11) is -5.38. The molecule has 2 fully saturated rings. The summed E-state index contributed by atoms with van der Waals surface area (Å²) in [6, 6.07) is 6.34. The number of aliphatic hydroxyl groups excluding tert-OH is 1. The van der Waals surface area contributed by atoms with Gasteiger partial charge in [-0.15, -0.1) is 0 Å². The average Bonchev–Trinajstić information content (AvgIpc) is 3.05. The molecule has 1 aliphatic heterocycles. The molecule has 0 bridgehead atoms. The Hall–Kier alpha value is -4.28. The number of carbonyl (C=O) groups excluding carboxylic acids is 1. The Balaban J connectivity index is 1.37. The Morgan fingerprint density at radius 1 is 0.915 bits per heavy atom. The first-order chi connectivity index (χ1) is 22.4. The Bertz CT molecular complexity index is 2010. The largest absolute Gasteiger partial charge is 0.374 e. The number of fused-ring (bicyclic) bond motifs is 1. The molecule has 2 aromatic carbocycles. The van der Waals surface area contributed by atoms with E-state index in [1.807, 2.05) is 6.07 Å². The normalized spacial score (nSPS) is 17.5. The number of carbonyl (C=O) groups is 1. The number of aromatic nitrogens is 3. The van der Waals surface area contributed by atoms with Crippen LogP contribution in [0.1, 0.15) is 55.7 Å². The molecular weight excluding hydrogens is 649 g/mol. The van der Waals surface area contributed by atoms with E-state index in [1.54, 1.807) is 12.3 Å². The van der Waals surface area contributed by atoms with Crippen molar-refractivity contribution in [2.75, 3.05) is 11.4 Å². The van der Waals surface area contributed by atoms with Gasteiger partial charge in [0.05, 0.1) is 23.8 Å². The molecule has 248 valence electrons. The van der Waals surface area contributed by atoms with E-state index in [1.165, 1.54) is 35.7 Å². The summed E-state index contributed by atoms with van der Waals surface area (Å²) >= 11 is 0. The zero-order chi connectivity index (χ0) is 33.6. The van der Waals surface area contributed by atoms with Gasteiger partial charge in [-0.1, -0.05) is 25.3 Å². The lowest BCUT2D eigenvalue weighted by Crippen LogP contribution is -2.59. The Kier molecular flexibility index (Phi) is 8.84. The van der Waals surface area contributed by atoms with Gasteiger partial charge in [0.1, 0.15) is 12.8 Å². The summed E-state index contributed by atoms with van der Waals surface area (Å²) in [6.45, 7) is -1.29. The van der Waals surface area contributed by atoms with Gasteiger partial charge in [0.2, 0.25) is 21.7 Å². The van der Waals surface area contributed by atoms with Gasteiger partial charge < -0.3 is 10.0 Å². The number of nitrogens with zero attached hydrogens (tertiary/aromatic N) is 5. The average molecular weight is 678 g/mol. The van der Waals surface area contributed by atoms with E-state index in [9.17, 15) is 45.1 Å². The van der Waals surface area contributed by atoms with Crippen molar-refractivity contribution in [3.8, 4) is 0 Å². The molecule has 16 heteroatoms. The third-order valence-corrected chi connectivity index (χ3v) is 10.7. The van der Waals surface area contributed by atoms with Crippen LogP contribution in [0.4, 0.5) is 27.6 Å². The molecule has 1 atom stereocenters. The molecule has 4 aromatic rings. The van der Waals surface area contributed by atoms with Gasteiger partial charge in [-0.25, -0.2) is 35.1 Å². The van der Waals surface area contributed by atoms with Crippen LogP contribution in [0.15, 0.2) is 52.4 Å². The lowest BCUT2D eigenvalue weighted by molar-refractivity contribution is -0.125. The zero-order valence-corrected chi connectivity index (χ0v) is 25.5. The number of hydrogen-bond acceptors (Lipinski definition) is 7. The molecule has 2 aromatic heterocycles. The number of pyridine rings is 1. The van der Waals surface area contributed by atoms with Gasteiger partial charge in [0.25, 0.3) is 5.56 Å².